The van der Waals surface area contributed by atoms with Crippen molar-refractivity contribution in [1.82, 2.24) is 9.97 Å². The van der Waals surface area contributed by atoms with Crippen LogP contribution in [0.1, 0.15) is 56.8 Å². The summed E-state index contributed by atoms with van der Waals surface area (Å²) in [5.74, 6) is 0. The summed E-state index contributed by atoms with van der Waals surface area (Å²) in [5, 5.41) is 0. The molecule has 0 fully saturated rings. The second kappa shape index (κ2) is 8.04. The normalized spacial score (nSPS) is 10.5. The predicted molar refractivity (Wildman–Crippen MR) is 70.4 cm³/mol. The van der Waals surface area contributed by atoms with Gasteiger partial charge in [-0.25, -0.2) is 9.97 Å². The Balaban J connectivity index is 2.13. The van der Waals surface area contributed by atoms with E-state index in [0.717, 1.165) is 24.4 Å². The molecule has 0 aromatic carbocycles. The van der Waals surface area contributed by atoms with Crippen molar-refractivity contribution >= 4 is 0 Å². The van der Waals surface area contributed by atoms with Crippen molar-refractivity contribution in [2.45, 2.75) is 59.3 Å². The van der Waals surface area contributed by atoms with Gasteiger partial charge in [-0.1, -0.05) is 39.0 Å². The number of hydrogen-bond acceptors (Lipinski definition) is 3. The minimum atomic E-state index is 0.524. The van der Waals surface area contributed by atoms with E-state index in [1.165, 1.54) is 32.1 Å². The highest BCUT2D eigenvalue weighted by Crippen LogP contribution is 2.08. The van der Waals surface area contributed by atoms with E-state index in [9.17, 15) is 0 Å². The zero-order valence-electron chi connectivity index (χ0n) is 11.3. The van der Waals surface area contributed by atoms with Gasteiger partial charge in [-0.2, -0.15) is 0 Å². The van der Waals surface area contributed by atoms with Gasteiger partial charge in [0.1, 0.15) is 0 Å². The first-order valence-electron chi connectivity index (χ1n) is 6.67. The van der Waals surface area contributed by atoms with Gasteiger partial charge in [-0.05, 0) is 26.3 Å². The van der Waals surface area contributed by atoms with Crippen molar-refractivity contribution in [3.05, 3.63) is 17.5 Å². The van der Waals surface area contributed by atoms with Crippen molar-refractivity contribution in [2.75, 3.05) is 6.61 Å². The van der Waals surface area contributed by atoms with Crippen LogP contribution in [0, 0.1) is 13.8 Å². The van der Waals surface area contributed by atoms with Gasteiger partial charge < -0.3 is 4.74 Å². The second-order valence-corrected chi connectivity index (χ2v) is 4.55. The molecule has 0 bridgehead atoms. The zero-order chi connectivity index (χ0) is 12.5. The molecule has 0 aliphatic rings. The molecule has 0 N–H and O–H groups in total. The second-order valence-electron chi connectivity index (χ2n) is 4.55. The topological polar surface area (TPSA) is 35.0 Å². The molecule has 0 spiro atoms. The standard InChI is InChI=1S/C14H24N2O/c1-4-5-6-7-8-9-10-17-14-15-12(2)11-13(3)16-14/h11H,4-10H2,1-3H3. The van der Waals surface area contributed by atoms with Crippen LogP contribution >= 0.6 is 0 Å². The van der Waals surface area contributed by atoms with E-state index < -0.39 is 0 Å². The summed E-state index contributed by atoms with van der Waals surface area (Å²) >= 11 is 0. The van der Waals surface area contributed by atoms with Gasteiger partial charge >= 0.3 is 6.01 Å². The molecular weight excluding hydrogens is 212 g/mol. The Bertz CT molecular complexity index is 306. The van der Waals surface area contributed by atoms with Crippen LogP contribution in [-0.4, -0.2) is 16.6 Å². The third-order valence-corrected chi connectivity index (χ3v) is 2.69. The molecule has 1 rings (SSSR count). The Labute approximate surface area is 105 Å². The molecule has 0 atom stereocenters. The Kier molecular flexibility index (Phi) is 6.60. The molecule has 0 radical (unpaired) electrons. The van der Waals surface area contributed by atoms with Crippen molar-refractivity contribution in [3.63, 3.8) is 0 Å². The number of aryl methyl sites for hydroxylation is 2. The van der Waals surface area contributed by atoms with Gasteiger partial charge in [-0.3, -0.25) is 0 Å². The highest BCUT2D eigenvalue weighted by Gasteiger charge is 2.00. The van der Waals surface area contributed by atoms with Crippen molar-refractivity contribution in [1.29, 1.82) is 0 Å². The third-order valence-electron chi connectivity index (χ3n) is 2.69. The summed E-state index contributed by atoms with van der Waals surface area (Å²) in [5.41, 5.74) is 1.94. The molecule has 0 amide bonds. The molecule has 3 heteroatoms. The average Bonchev–Trinajstić information content (AvgIpc) is 2.26. The van der Waals surface area contributed by atoms with Crippen LogP contribution in [-0.2, 0) is 0 Å². The lowest BCUT2D eigenvalue weighted by Gasteiger charge is -2.05. The van der Waals surface area contributed by atoms with Crippen molar-refractivity contribution in [2.24, 2.45) is 0 Å². The quantitative estimate of drug-likeness (QED) is 0.643. The van der Waals surface area contributed by atoms with Crippen molar-refractivity contribution in [3.8, 4) is 6.01 Å². The Morgan fingerprint density at radius 1 is 0.941 bits per heavy atom. The maximum atomic E-state index is 5.55. The number of nitrogens with zero attached hydrogens (tertiary/aromatic N) is 2. The molecule has 3 nitrogen and oxygen atoms in total. The van der Waals surface area contributed by atoms with E-state index in [1.54, 1.807) is 0 Å². The van der Waals surface area contributed by atoms with E-state index in [-0.39, 0.29) is 0 Å². The summed E-state index contributed by atoms with van der Waals surface area (Å²) < 4.78 is 5.55. The maximum absolute atomic E-state index is 5.55. The molecule has 1 heterocycles. The van der Waals surface area contributed by atoms with Gasteiger partial charge in [0.05, 0.1) is 6.61 Å². The van der Waals surface area contributed by atoms with E-state index in [2.05, 4.69) is 16.9 Å². The average molecular weight is 236 g/mol. The smallest absolute Gasteiger partial charge is 0.316 e. The molecular formula is C14H24N2O. The summed E-state index contributed by atoms with van der Waals surface area (Å²) in [6.07, 6.45) is 7.64. The lowest BCUT2D eigenvalue weighted by molar-refractivity contribution is 0.280. The molecule has 0 saturated carbocycles. The van der Waals surface area contributed by atoms with Crippen LogP contribution in [0.2, 0.25) is 0 Å². The first-order chi connectivity index (χ1) is 8.22. The van der Waals surface area contributed by atoms with E-state index >= 15 is 0 Å². The van der Waals surface area contributed by atoms with Crippen LogP contribution in [0.15, 0.2) is 6.07 Å². The van der Waals surface area contributed by atoms with Crippen LogP contribution < -0.4 is 4.74 Å². The summed E-state index contributed by atoms with van der Waals surface area (Å²) in [6, 6.07) is 2.48. The molecule has 1 aromatic heterocycles. The SMILES string of the molecule is CCCCCCCCOc1nc(C)cc(C)n1. The van der Waals surface area contributed by atoms with Gasteiger partial charge in [-0.15, -0.1) is 0 Å². The minimum absolute atomic E-state index is 0.524. The fourth-order valence-electron chi connectivity index (χ4n) is 1.80. The molecule has 17 heavy (non-hydrogen) atoms. The van der Waals surface area contributed by atoms with Crippen LogP contribution in [0.4, 0.5) is 0 Å². The largest absolute Gasteiger partial charge is 0.463 e. The van der Waals surface area contributed by atoms with E-state index in [0.29, 0.717) is 6.01 Å². The summed E-state index contributed by atoms with van der Waals surface area (Å²) in [7, 11) is 0. The monoisotopic (exact) mass is 236 g/mol. The first-order valence-corrected chi connectivity index (χ1v) is 6.67. The predicted octanol–water partition coefficient (Wildman–Crippen LogP) is 3.83. The lowest BCUT2D eigenvalue weighted by atomic mass is 10.1. The summed E-state index contributed by atoms with van der Waals surface area (Å²) in [6.45, 7) is 6.90. The Morgan fingerprint density at radius 3 is 2.18 bits per heavy atom. The fourth-order valence-corrected chi connectivity index (χ4v) is 1.80. The number of rotatable bonds is 8. The van der Waals surface area contributed by atoms with Crippen LogP contribution in [0.25, 0.3) is 0 Å². The third kappa shape index (κ3) is 6.25. The van der Waals surface area contributed by atoms with Gasteiger partial charge in [0.25, 0.3) is 0 Å². The van der Waals surface area contributed by atoms with Gasteiger partial charge in [0.15, 0.2) is 0 Å². The fraction of sp³-hybridized carbons (Fsp3) is 0.714. The summed E-state index contributed by atoms with van der Waals surface area (Å²) in [4.78, 5) is 8.50. The molecule has 0 aliphatic carbocycles. The molecule has 1 aromatic rings. The maximum Gasteiger partial charge on any atom is 0.316 e. The minimum Gasteiger partial charge on any atom is -0.463 e. The number of unbranched alkanes of at least 4 members (excludes halogenated alkanes) is 5. The highest BCUT2D eigenvalue weighted by molar-refractivity contribution is 5.10. The van der Waals surface area contributed by atoms with Gasteiger partial charge in [0, 0.05) is 11.4 Å². The number of ether oxygens (including phenoxy) is 1. The first kappa shape index (κ1) is 13.9. The number of hydrogen-bond donors (Lipinski definition) is 0. The zero-order valence-corrected chi connectivity index (χ0v) is 11.3. The van der Waals surface area contributed by atoms with Crippen LogP contribution in [0.5, 0.6) is 6.01 Å². The molecule has 0 unspecified atom stereocenters. The van der Waals surface area contributed by atoms with Crippen molar-refractivity contribution < 1.29 is 4.74 Å². The van der Waals surface area contributed by atoms with Gasteiger partial charge in [0.2, 0.25) is 0 Å². The Morgan fingerprint density at radius 2 is 1.53 bits per heavy atom. The number of aromatic nitrogens is 2. The molecule has 96 valence electrons. The van der Waals surface area contributed by atoms with E-state index in [1.807, 2.05) is 19.9 Å². The molecule has 0 aliphatic heterocycles. The van der Waals surface area contributed by atoms with E-state index in [4.69, 9.17) is 4.74 Å². The lowest BCUT2D eigenvalue weighted by Crippen LogP contribution is -2.03. The Hall–Kier alpha value is -1.12. The molecule has 0 saturated heterocycles. The van der Waals surface area contributed by atoms with Crippen LogP contribution in [0.3, 0.4) is 0 Å². The highest BCUT2D eigenvalue weighted by atomic mass is 16.5.